The summed E-state index contributed by atoms with van der Waals surface area (Å²) in [6.45, 7) is 8.19. The van der Waals surface area contributed by atoms with Crippen molar-refractivity contribution in [2.75, 3.05) is 50.8 Å². The Kier molecular flexibility index (Phi) is 5.81. The van der Waals surface area contributed by atoms with Crippen molar-refractivity contribution >= 4 is 27.4 Å². The summed E-state index contributed by atoms with van der Waals surface area (Å²) in [5, 5.41) is 5.06. The second kappa shape index (κ2) is 8.66. The Hall–Kier alpha value is -1.21. The maximum atomic E-state index is 4.73. The third-order valence-corrected chi connectivity index (χ3v) is 7.77. The molecule has 0 bridgehead atoms. The highest BCUT2D eigenvalue weighted by Gasteiger charge is 2.34. The Bertz CT molecular complexity index is 769. The minimum absolute atomic E-state index is 0.781. The van der Waals surface area contributed by atoms with E-state index in [1.54, 1.807) is 11.5 Å². The predicted molar refractivity (Wildman–Crippen MR) is 118 cm³/mol. The van der Waals surface area contributed by atoms with E-state index in [0.29, 0.717) is 0 Å². The molecule has 2 aromatic rings. The summed E-state index contributed by atoms with van der Waals surface area (Å²) in [5.74, 6) is 1.20. The maximum Gasteiger partial charge on any atom is 0.150 e. The Morgan fingerprint density at radius 2 is 1.82 bits per heavy atom. The SMILES string of the molecule is c1ccc2c(N3CCN(CCCCN4CNC5CCCCC54)CC3)nsc2c1. The van der Waals surface area contributed by atoms with E-state index >= 15 is 0 Å². The number of benzene rings is 1. The second-order valence-corrected chi connectivity index (χ2v) is 9.48. The summed E-state index contributed by atoms with van der Waals surface area (Å²) in [4.78, 5) is 7.85. The van der Waals surface area contributed by atoms with Crippen LogP contribution in [0.4, 0.5) is 5.82 Å². The minimum Gasteiger partial charge on any atom is -0.353 e. The highest BCUT2D eigenvalue weighted by Crippen LogP contribution is 2.30. The maximum absolute atomic E-state index is 4.73. The van der Waals surface area contributed by atoms with Gasteiger partial charge in [0, 0.05) is 50.3 Å². The molecule has 0 radical (unpaired) electrons. The van der Waals surface area contributed by atoms with Crippen molar-refractivity contribution in [2.45, 2.75) is 50.6 Å². The number of unbranched alkanes of at least 4 members (excludes halogenated alkanes) is 1. The molecule has 3 heterocycles. The number of anilines is 1. The van der Waals surface area contributed by atoms with Gasteiger partial charge in [0.25, 0.3) is 0 Å². The first kappa shape index (κ1) is 18.8. The van der Waals surface area contributed by atoms with E-state index in [4.69, 9.17) is 4.37 Å². The fourth-order valence-electron chi connectivity index (χ4n) is 5.32. The van der Waals surface area contributed by atoms with Crippen LogP contribution in [0.15, 0.2) is 24.3 Å². The first-order chi connectivity index (χ1) is 13.9. The third kappa shape index (κ3) is 3.92. The molecule has 2 atom stereocenters. The van der Waals surface area contributed by atoms with Crippen LogP contribution >= 0.6 is 11.5 Å². The lowest BCUT2D eigenvalue weighted by Gasteiger charge is -2.35. The number of rotatable bonds is 6. The van der Waals surface area contributed by atoms with Crippen LogP contribution in [0.5, 0.6) is 0 Å². The molecule has 2 aliphatic heterocycles. The molecular formula is C22H33N5S. The van der Waals surface area contributed by atoms with Crippen molar-refractivity contribution in [3.05, 3.63) is 24.3 Å². The molecule has 1 saturated carbocycles. The number of nitrogens with one attached hydrogen (secondary N) is 1. The molecule has 6 heteroatoms. The Balaban J connectivity index is 1.04. The predicted octanol–water partition coefficient (Wildman–Crippen LogP) is 3.37. The van der Waals surface area contributed by atoms with Crippen molar-refractivity contribution in [1.29, 1.82) is 0 Å². The molecule has 152 valence electrons. The monoisotopic (exact) mass is 399 g/mol. The summed E-state index contributed by atoms with van der Waals surface area (Å²) in [5.41, 5.74) is 0. The lowest BCUT2D eigenvalue weighted by Crippen LogP contribution is -2.47. The first-order valence-electron chi connectivity index (χ1n) is 11.2. The van der Waals surface area contributed by atoms with Gasteiger partial charge in [-0.2, -0.15) is 4.37 Å². The number of hydrogen-bond acceptors (Lipinski definition) is 6. The fraction of sp³-hybridized carbons (Fsp3) is 0.682. The van der Waals surface area contributed by atoms with Crippen LogP contribution in [0, 0.1) is 0 Å². The van der Waals surface area contributed by atoms with Crippen LogP contribution in [-0.4, -0.2) is 72.2 Å². The zero-order valence-electron chi connectivity index (χ0n) is 16.9. The van der Waals surface area contributed by atoms with E-state index in [1.807, 2.05) is 0 Å². The van der Waals surface area contributed by atoms with Gasteiger partial charge >= 0.3 is 0 Å². The van der Waals surface area contributed by atoms with Crippen molar-refractivity contribution in [2.24, 2.45) is 0 Å². The van der Waals surface area contributed by atoms with Gasteiger partial charge in [-0.1, -0.05) is 25.0 Å². The van der Waals surface area contributed by atoms with Gasteiger partial charge in [-0.25, -0.2) is 0 Å². The standard InChI is InChI=1S/C22H33N5S/c1-4-10-21-18(7-1)22(24-28-21)26-15-13-25(14-16-26)11-5-6-12-27-17-23-19-8-2-3-9-20(19)27/h1,4,7,10,19-20,23H,2-3,5-6,8-9,11-17H2. The molecule has 28 heavy (non-hydrogen) atoms. The summed E-state index contributed by atoms with van der Waals surface area (Å²) in [6, 6.07) is 10.2. The van der Waals surface area contributed by atoms with Gasteiger partial charge < -0.3 is 4.90 Å². The molecule has 1 aromatic carbocycles. The highest BCUT2D eigenvalue weighted by atomic mass is 32.1. The second-order valence-electron chi connectivity index (χ2n) is 8.67. The summed E-state index contributed by atoms with van der Waals surface area (Å²) in [6.07, 6.45) is 8.31. The minimum atomic E-state index is 0.781. The van der Waals surface area contributed by atoms with Crippen molar-refractivity contribution in [1.82, 2.24) is 19.5 Å². The zero-order chi connectivity index (χ0) is 18.8. The molecule has 1 N–H and O–H groups in total. The molecule has 3 aliphatic rings. The van der Waals surface area contributed by atoms with Crippen molar-refractivity contribution in [3.8, 4) is 0 Å². The van der Waals surface area contributed by atoms with E-state index in [1.165, 1.54) is 80.6 Å². The lowest BCUT2D eigenvalue weighted by molar-refractivity contribution is 0.196. The summed E-state index contributed by atoms with van der Waals surface area (Å²) in [7, 11) is 0. The van der Waals surface area contributed by atoms with Crippen molar-refractivity contribution in [3.63, 3.8) is 0 Å². The Morgan fingerprint density at radius 3 is 2.75 bits per heavy atom. The molecule has 1 aromatic heterocycles. The Morgan fingerprint density at radius 1 is 1.00 bits per heavy atom. The van der Waals surface area contributed by atoms with E-state index in [-0.39, 0.29) is 0 Å². The van der Waals surface area contributed by atoms with Crippen LogP contribution in [0.3, 0.4) is 0 Å². The van der Waals surface area contributed by atoms with Gasteiger partial charge in [0.05, 0.1) is 4.70 Å². The average Bonchev–Trinajstić information content (AvgIpc) is 3.36. The number of aromatic nitrogens is 1. The van der Waals surface area contributed by atoms with Gasteiger partial charge in [-0.05, 0) is 62.4 Å². The average molecular weight is 400 g/mol. The quantitative estimate of drug-likeness (QED) is 0.754. The van der Waals surface area contributed by atoms with Gasteiger partial charge in [0.15, 0.2) is 0 Å². The van der Waals surface area contributed by atoms with E-state index in [2.05, 4.69) is 44.3 Å². The third-order valence-electron chi connectivity index (χ3n) is 6.95. The molecule has 2 saturated heterocycles. The van der Waals surface area contributed by atoms with Crippen molar-refractivity contribution < 1.29 is 0 Å². The normalized spacial score (nSPS) is 26.8. The van der Waals surface area contributed by atoms with Crippen LogP contribution < -0.4 is 10.2 Å². The lowest BCUT2D eigenvalue weighted by atomic mass is 9.91. The number of nitrogens with zero attached hydrogens (tertiary/aromatic N) is 4. The Labute approximate surface area is 172 Å². The van der Waals surface area contributed by atoms with Gasteiger partial charge in [0.1, 0.15) is 5.82 Å². The number of piperazine rings is 1. The topological polar surface area (TPSA) is 34.6 Å². The molecule has 2 unspecified atom stereocenters. The molecule has 5 rings (SSSR count). The highest BCUT2D eigenvalue weighted by molar-refractivity contribution is 7.13. The summed E-state index contributed by atoms with van der Waals surface area (Å²) >= 11 is 1.63. The van der Waals surface area contributed by atoms with Crippen LogP contribution in [0.2, 0.25) is 0 Å². The number of hydrogen-bond donors (Lipinski definition) is 1. The molecule has 1 aliphatic carbocycles. The van der Waals surface area contributed by atoms with Crippen LogP contribution in [0.25, 0.3) is 10.1 Å². The van der Waals surface area contributed by atoms with E-state index in [0.717, 1.165) is 31.8 Å². The largest absolute Gasteiger partial charge is 0.353 e. The summed E-state index contributed by atoms with van der Waals surface area (Å²) < 4.78 is 6.04. The molecule has 0 spiro atoms. The fourth-order valence-corrected chi connectivity index (χ4v) is 6.11. The van der Waals surface area contributed by atoms with Crippen LogP contribution in [-0.2, 0) is 0 Å². The molecule has 5 nitrogen and oxygen atoms in total. The van der Waals surface area contributed by atoms with Gasteiger partial charge in [-0.15, -0.1) is 0 Å². The van der Waals surface area contributed by atoms with Gasteiger partial charge in [0.2, 0.25) is 0 Å². The van der Waals surface area contributed by atoms with E-state index < -0.39 is 0 Å². The number of fused-ring (bicyclic) bond motifs is 2. The first-order valence-corrected chi connectivity index (χ1v) is 11.9. The van der Waals surface area contributed by atoms with E-state index in [9.17, 15) is 0 Å². The molecule has 0 amide bonds. The van der Waals surface area contributed by atoms with Gasteiger partial charge in [-0.3, -0.25) is 15.1 Å². The zero-order valence-corrected chi connectivity index (χ0v) is 17.7. The molecule has 3 fully saturated rings. The smallest absolute Gasteiger partial charge is 0.150 e. The molecular weight excluding hydrogens is 366 g/mol. The van der Waals surface area contributed by atoms with Crippen LogP contribution in [0.1, 0.15) is 38.5 Å².